The monoisotopic (exact) mass is 382 g/mol. The van der Waals surface area contributed by atoms with Gasteiger partial charge in [-0.15, -0.1) is 11.3 Å². The van der Waals surface area contributed by atoms with E-state index in [-0.39, 0.29) is 0 Å². The van der Waals surface area contributed by atoms with Crippen molar-refractivity contribution in [1.29, 1.82) is 0 Å². The van der Waals surface area contributed by atoms with Crippen LogP contribution >= 0.6 is 11.3 Å². The molecule has 9 heteroatoms. The number of methoxy groups -OCH3 is 2. The number of benzene rings is 1. The first kappa shape index (κ1) is 17.2. The highest BCUT2D eigenvalue weighted by atomic mass is 32.1. The van der Waals surface area contributed by atoms with Gasteiger partial charge in [-0.05, 0) is 35.6 Å². The summed E-state index contributed by atoms with van der Waals surface area (Å²) in [6, 6.07) is 5.83. The maximum absolute atomic E-state index is 5.38. The largest absolute Gasteiger partial charge is 0.493 e. The summed E-state index contributed by atoms with van der Waals surface area (Å²) >= 11 is 1.58. The summed E-state index contributed by atoms with van der Waals surface area (Å²) in [5, 5.41) is 10.6. The second kappa shape index (κ2) is 7.20. The molecule has 0 aliphatic heterocycles. The number of hydrogen-bond donors (Lipinski definition) is 1. The van der Waals surface area contributed by atoms with Crippen LogP contribution in [-0.4, -0.2) is 39.0 Å². The average molecular weight is 382 g/mol. The van der Waals surface area contributed by atoms with Crippen LogP contribution < -0.4 is 14.8 Å². The zero-order valence-electron chi connectivity index (χ0n) is 15.1. The van der Waals surface area contributed by atoms with Crippen LogP contribution in [-0.2, 0) is 6.54 Å². The second-order valence-corrected chi connectivity index (χ2v) is 6.71. The van der Waals surface area contributed by atoms with Crippen molar-refractivity contribution < 1.29 is 9.47 Å². The van der Waals surface area contributed by atoms with Crippen LogP contribution in [0.3, 0.4) is 0 Å². The van der Waals surface area contributed by atoms with Crippen LogP contribution in [0.4, 0.5) is 5.82 Å². The van der Waals surface area contributed by atoms with Crippen molar-refractivity contribution in [1.82, 2.24) is 24.7 Å². The molecular weight excluding hydrogens is 364 g/mol. The lowest BCUT2D eigenvalue weighted by molar-refractivity contribution is 0.354. The summed E-state index contributed by atoms with van der Waals surface area (Å²) in [6.07, 6.45) is 3.05. The number of ether oxygens (including phenoxy) is 2. The number of nitrogens with one attached hydrogen (secondary N) is 1. The van der Waals surface area contributed by atoms with E-state index in [9.17, 15) is 0 Å². The van der Waals surface area contributed by atoms with Crippen LogP contribution in [0, 0.1) is 6.92 Å². The molecule has 138 valence electrons. The van der Waals surface area contributed by atoms with Crippen molar-refractivity contribution in [3.8, 4) is 17.4 Å². The van der Waals surface area contributed by atoms with E-state index >= 15 is 0 Å². The van der Waals surface area contributed by atoms with Crippen molar-refractivity contribution in [2.24, 2.45) is 0 Å². The van der Waals surface area contributed by atoms with Crippen molar-refractivity contribution >= 4 is 27.4 Å². The Balaban J connectivity index is 1.68. The molecule has 27 heavy (non-hydrogen) atoms. The zero-order valence-corrected chi connectivity index (χ0v) is 15.9. The van der Waals surface area contributed by atoms with Gasteiger partial charge >= 0.3 is 0 Å². The van der Waals surface area contributed by atoms with Crippen molar-refractivity contribution in [2.45, 2.75) is 13.5 Å². The van der Waals surface area contributed by atoms with Gasteiger partial charge < -0.3 is 14.8 Å². The Labute approximate surface area is 159 Å². The number of hydrogen-bond acceptors (Lipinski definition) is 8. The zero-order chi connectivity index (χ0) is 18.8. The number of nitrogens with zero attached hydrogens (tertiary/aromatic N) is 5. The highest BCUT2D eigenvalue weighted by Crippen LogP contribution is 2.31. The van der Waals surface area contributed by atoms with E-state index in [1.54, 1.807) is 36.6 Å². The molecule has 0 radical (unpaired) electrons. The SMILES string of the molecule is COc1ccc(CNc2nc(-n3cncn3)nc3scc(C)c23)cc1OC. The third-order valence-corrected chi connectivity index (χ3v) is 5.13. The van der Waals surface area contributed by atoms with Gasteiger partial charge in [0.1, 0.15) is 23.3 Å². The molecule has 4 aromatic rings. The van der Waals surface area contributed by atoms with Crippen LogP contribution in [0.15, 0.2) is 36.2 Å². The Morgan fingerprint density at radius 3 is 2.74 bits per heavy atom. The van der Waals surface area contributed by atoms with Gasteiger partial charge in [-0.1, -0.05) is 6.07 Å². The van der Waals surface area contributed by atoms with Gasteiger partial charge in [-0.25, -0.2) is 4.98 Å². The lowest BCUT2D eigenvalue weighted by Crippen LogP contribution is -2.07. The minimum Gasteiger partial charge on any atom is -0.493 e. The highest BCUT2D eigenvalue weighted by molar-refractivity contribution is 7.17. The van der Waals surface area contributed by atoms with Gasteiger partial charge in [0, 0.05) is 6.54 Å². The molecule has 0 aliphatic rings. The number of aryl methyl sites for hydroxylation is 1. The van der Waals surface area contributed by atoms with Crippen LogP contribution in [0.5, 0.6) is 11.5 Å². The summed E-state index contributed by atoms with van der Waals surface area (Å²) in [5.74, 6) is 2.64. The quantitative estimate of drug-likeness (QED) is 0.548. The Morgan fingerprint density at radius 1 is 1.15 bits per heavy atom. The van der Waals surface area contributed by atoms with E-state index in [2.05, 4.69) is 37.7 Å². The Kier molecular flexibility index (Phi) is 4.59. The van der Waals surface area contributed by atoms with Gasteiger partial charge in [0.05, 0.1) is 19.6 Å². The van der Waals surface area contributed by atoms with Gasteiger partial charge in [0.25, 0.3) is 5.95 Å². The van der Waals surface area contributed by atoms with Crippen LogP contribution in [0.2, 0.25) is 0 Å². The molecule has 8 nitrogen and oxygen atoms in total. The van der Waals surface area contributed by atoms with E-state index in [0.29, 0.717) is 24.0 Å². The smallest absolute Gasteiger partial charge is 0.255 e. The van der Waals surface area contributed by atoms with Crippen LogP contribution in [0.1, 0.15) is 11.1 Å². The maximum Gasteiger partial charge on any atom is 0.255 e. The summed E-state index contributed by atoms with van der Waals surface area (Å²) in [4.78, 5) is 14.1. The average Bonchev–Trinajstić information content (AvgIpc) is 3.36. The predicted molar refractivity (Wildman–Crippen MR) is 104 cm³/mol. The maximum atomic E-state index is 5.38. The number of fused-ring (bicyclic) bond motifs is 1. The Morgan fingerprint density at radius 2 is 2.00 bits per heavy atom. The lowest BCUT2D eigenvalue weighted by atomic mass is 10.2. The fourth-order valence-corrected chi connectivity index (χ4v) is 3.71. The minimum absolute atomic E-state index is 0.483. The molecule has 3 heterocycles. The molecule has 0 unspecified atom stereocenters. The second-order valence-electron chi connectivity index (χ2n) is 5.85. The van der Waals surface area contributed by atoms with Crippen molar-refractivity contribution in [3.63, 3.8) is 0 Å². The Hall–Kier alpha value is -3.20. The molecule has 1 aromatic carbocycles. The number of aromatic nitrogens is 5. The summed E-state index contributed by atoms with van der Waals surface area (Å²) in [5.41, 5.74) is 2.18. The fraction of sp³-hybridized carbons (Fsp3) is 0.222. The van der Waals surface area contributed by atoms with Crippen molar-refractivity contribution in [2.75, 3.05) is 19.5 Å². The van der Waals surface area contributed by atoms with E-state index in [0.717, 1.165) is 27.2 Å². The first-order chi connectivity index (χ1) is 13.2. The third-order valence-electron chi connectivity index (χ3n) is 4.14. The number of rotatable bonds is 6. The molecule has 0 amide bonds. The number of thiophene rings is 1. The molecule has 0 atom stereocenters. The first-order valence-corrected chi connectivity index (χ1v) is 9.13. The summed E-state index contributed by atoms with van der Waals surface area (Å²) in [6.45, 7) is 2.64. The predicted octanol–water partition coefficient (Wildman–Crippen LogP) is 3.21. The summed E-state index contributed by atoms with van der Waals surface area (Å²) in [7, 11) is 3.25. The van der Waals surface area contributed by atoms with Crippen LogP contribution in [0.25, 0.3) is 16.2 Å². The van der Waals surface area contributed by atoms with Gasteiger partial charge in [-0.3, -0.25) is 0 Å². The van der Waals surface area contributed by atoms with Gasteiger partial charge in [0.2, 0.25) is 0 Å². The normalized spacial score (nSPS) is 10.9. The van der Waals surface area contributed by atoms with Crippen molar-refractivity contribution in [3.05, 3.63) is 47.4 Å². The molecule has 0 bridgehead atoms. The van der Waals surface area contributed by atoms with Gasteiger partial charge in [-0.2, -0.15) is 19.7 Å². The molecule has 0 spiro atoms. The topological polar surface area (TPSA) is 87.0 Å². The van der Waals surface area contributed by atoms with E-state index < -0.39 is 0 Å². The molecule has 0 fully saturated rings. The standard InChI is InChI=1S/C18H18N6O2S/c1-11-8-27-17-15(11)16(22-18(23-17)24-10-19-9-21-24)20-7-12-4-5-13(25-2)14(6-12)26-3/h4-6,8-10H,7H2,1-3H3,(H,20,22,23). The minimum atomic E-state index is 0.483. The molecule has 4 rings (SSSR count). The third kappa shape index (κ3) is 3.28. The summed E-state index contributed by atoms with van der Waals surface area (Å²) < 4.78 is 12.2. The van der Waals surface area contributed by atoms with E-state index in [1.807, 2.05) is 18.2 Å². The molecule has 0 saturated carbocycles. The molecule has 0 aliphatic carbocycles. The number of anilines is 1. The molecular formula is C18H18N6O2S. The van der Waals surface area contributed by atoms with E-state index in [1.165, 1.54) is 6.33 Å². The molecule has 3 aromatic heterocycles. The fourth-order valence-electron chi connectivity index (χ4n) is 2.79. The van der Waals surface area contributed by atoms with Gasteiger partial charge in [0.15, 0.2) is 11.5 Å². The first-order valence-electron chi connectivity index (χ1n) is 8.25. The Bertz CT molecular complexity index is 1080. The highest BCUT2D eigenvalue weighted by Gasteiger charge is 2.14. The molecule has 1 N–H and O–H groups in total. The molecule has 0 saturated heterocycles. The van der Waals surface area contributed by atoms with E-state index in [4.69, 9.17) is 9.47 Å². The lowest BCUT2D eigenvalue weighted by Gasteiger charge is -2.12.